The quantitative estimate of drug-likeness (QED) is 0.772. The number of rotatable bonds is 6. The van der Waals surface area contributed by atoms with Crippen molar-refractivity contribution < 1.29 is 17.9 Å². The van der Waals surface area contributed by atoms with Gasteiger partial charge in [0.2, 0.25) is 10.0 Å². The Labute approximate surface area is 161 Å². The molecule has 1 aliphatic heterocycles. The normalized spacial score (nSPS) is 26.2. The summed E-state index contributed by atoms with van der Waals surface area (Å²) in [6, 6.07) is 6.70. The van der Waals surface area contributed by atoms with Crippen molar-refractivity contribution in [3.63, 3.8) is 0 Å². The maximum atomic E-state index is 12.8. The Morgan fingerprint density at radius 3 is 2.59 bits per heavy atom. The van der Waals surface area contributed by atoms with E-state index in [-0.39, 0.29) is 18.2 Å². The van der Waals surface area contributed by atoms with Gasteiger partial charge >= 0.3 is 6.03 Å². The fraction of sp³-hybridized carbons (Fsp3) is 0.632. The topological polar surface area (TPSA) is 87.7 Å². The summed E-state index contributed by atoms with van der Waals surface area (Å²) in [5.41, 5.74) is 0.861. The number of nitrogens with zero attached hydrogens (tertiary/aromatic N) is 1. The van der Waals surface area contributed by atoms with Crippen LogP contribution in [0.4, 0.5) is 4.79 Å². The van der Waals surface area contributed by atoms with Crippen molar-refractivity contribution >= 4 is 16.1 Å². The van der Waals surface area contributed by atoms with Gasteiger partial charge in [-0.2, -0.15) is 4.31 Å². The Morgan fingerprint density at radius 2 is 1.96 bits per heavy atom. The maximum Gasteiger partial charge on any atom is 0.315 e. The van der Waals surface area contributed by atoms with Crippen molar-refractivity contribution in [2.75, 3.05) is 20.2 Å². The molecule has 1 saturated carbocycles. The Hall–Kier alpha value is -1.64. The Bertz CT molecular complexity index is 745. The van der Waals surface area contributed by atoms with Gasteiger partial charge in [0.05, 0.1) is 11.0 Å². The number of hydrogen-bond acceptors (Lipinski definition) is 4. The van der Waals surface area contributed by atoms with Crippen LogP contribution in [0.5, 0.6) is 0 Å². The zero-order valence-electron chi connectivity index (χ0n) is 16.0. The van der Waals surface area contributed by atoms with E-state index in [1.807, 2.05) is 0 Å². The van der Waals surface area contributed by atoms with E-state index in [0.717, 1.165) is 31.2 Å². The number of piperidine rings is 1. The summed E-state index contributed by atoms with van der Waals surface area (Å²) in [5.74, 6) is 0.394. The van der Waals surface area contributed by atoms with Crippen LogP contribution in [0.3, 0.4) is 0 Å². The van der Waals surface area contributed by atoms with Gasteiger partial charge in [0.25, 0.3) is 0 Å². The van der Waals surface area contributed by atoms with Gasteiger partial charge in [0.15, 0.2) is 0 Å². The van der Waals surface area contributed by atoms with Crippen LogP contribution < -0.4 is 10.6 Å². The molecule has 1 aliphatic carbocycles. The molecule has 3 rings (SSSR count). The van der Waals surface area contributed by atoms with Crippen LogP contribution in [0.2, 0.25) is 0 Å². The van der Waals surface area contributed by atoms with Gasteiger partial charge in [-0.3, -0.25) is 0 Å². The van der Waals surface area contributed by atoms with Gasteiger partial charge in [-0.1, -0.05) is 19.1 Å². The highest BCUT2D eigenvalue weighted by atomic mass is 32.2. The number of methoxy groups -OCH3 is 1. The van der Waals surface area contributed by atoms with E-state index in [4.69, 9.17) is 4.74 Å². The highest BCUT2D eigenvalue weighted by Gasteiger charge is 2.30. The molecule has 1 unspecified atom stereocenters. The molecular formula is C19H29N3O4S. The molecule has 1 aromatic carbocycles. The summed E-state index contributed by atoms with van der Waals surface area (Å²) in [5, 5.41) is 5.71. The molecule has 1 saturated heterocycles. The lowest BCUT2D eigenvalue weighted by atomic mass is 9.89. The van der Waals surface area contributed by atoms with Crippen molar-refractivity contribution in [2.45, 2.75) is 56.2 Å². The third kappa shape index (κ3) is 5.00. The fourth-order valence-corrected chi connectivity index (χ4v) is 5.19. The van der Waals surface area contributed by atoms with Crippen molar-refractivity contribution in [3.8, 4) is 0 Å². The van der Waals surface area contributed by atoms with Gasteiger partial charge in [-0.15, -0.1) is 0 Å². The van der Waals surface area contributed by atoms with Gasteiger partial charge in [0.1, 0.15) is 0 Å². The smallest absolute Gasteiger partial charge is 0.315 e. The summed E-state index contributed by atoms with van der Waals surface area (Å²) in [6.45, 7) is 3.60. The largest absolute Gasteiger partial charge is 0.381 e. The molecule has 0 spiro atoms. The number of carbonyl (C=O) groups excluding carboxylic acids is 1. The van der Waals surface area contributed by atoms with Gasteiger partial charge < -0.3 is 15.4 Å². The summed E-state index contributed by atoms with van der Waals surface area (Å²) in [4.78, 5) is 12.2. The number of hydrogen-bond donors (Lipinski definition) is 2. The molecular weight excluding hydrogens is 366 g/mol. The lowest BCUT2D eigenvalue weighted by Crippen LogP contribution is -2.50. The predicted molar refractivity (Wildman–Crippen MR) is 103 cm³/mol. The first-order valence-electron chi connectivity index (χ1n) is 9.54. The van der Waals surface area contributed by atoms with E-state index in [0.29, 0.717) is 30.4 Å². The van der Waals surface area contributed by atoms with Crippen LogP contribution in [-0.2, 0) is 21.3 Å². The minimum atomic E-state index is -3.44. The zero-order chi connectivity index (χ0) is 19.4. The van der Waals surface area contributed by atoms with E-state index >= 15 is 0 Å². The molecule has 1 heterocycles. The van der Waals surface area contributed by atoms with Crippen molar-refractivity contribution in [3.05, 3.63) is 29.8 Å². The summed E-state index contributed by atoms with van der Waals surface area (Å²) < 4.78 is 32.3. The number of sulfonamides is 1. The third-order valence-electron chi connectivity index (χ3n) is 5.40. The molecule has 27 heavy (non-hydrogen) atoms. The zero-order valence-corrected chi connectivity index (χ0v) is 16.8. The Morgan fingerprint density at radius 1 is 1.26 bits per heavy atom. The number of urea groups is 1. The second kappa shape index (κ2) is 8.58. The molecule has 2 fully saturated rings. The maximum absolute atomic E-state index is 12.8. The third-order valence-corrected chi connectivity index (χ3v) is 7.28. The van der Waals surface area contributed by atoms with Crippen molar-refractivity contribution in [2.24, 2.45) is 5.92 Å². The SMILES string of the molecule is COC1CC(NC(=O)NCc2ccc(S(=O)(=O)N3CCCC(C)C3)cc2)C1. The van der Waals surface area contributed by atoms with Crippen LogP contribution in [-0.4, -0.2) is 51.1 Å². The molecule has 1 atom stereocenters. The molecule has 8 heteroatoms. The van der Waals surface area contributed by atoms with Gasteiger partial charge in [0, 0.05) is 32.8 Å². The molecule has 0 aromatic heterocycles. The van der Waals surface area contributed by atoms with E-state index in [9.17, 15) is 13.2 Å². The van der Waals surface area contributed by atoms with E-state index < -0.39 is 10.0 Å². The minimum absolute atomic E-state index is 0.161. The second-order valence-corrected chi connectivity index (χ2v) is 9.55. The molecule has 150 valence electrons. The number of nitrogens with one attached hydrogen (secondary N) is 2. The Balaban J connectivity index is 1.50. The summed E-state index contributed by atoms with van der Waals surface area (Å²) in [7, 11) is -1.76. The van der Waals surface area contributed by atoms with Crippen LogP contribution in [0.15, 0.2) is 29.2 Å². The first-order valence-corrected chi connectivity index (χ1v) is 11.0. The standard InChI is InChI=1S/C19H29N3O4S/c1-14-4-3-9-22(13-14)27(24,25)18-7-5-15(6-8-18)12-20-19(23)21-16-10-17(11-16)26-2/h5-8,14,16-17H,3-4,9-13H2,1-2H3,(H2,20,21,23). The minimum Gasteiger partial charge on any atom is -0.381 e. The summed E-state index contributed by atoms with van der Waals surface area (Å²) >= 11 is 0. The van der Waals surface area contributed by atoms with Crippen LogP contribution in [0.1, 0.15) is 38.2 Å². The van der Waals surface area contributed by atoms with Crippen molar-refractivity contribution in [1.82, 2.24) is 14.9 Å². The molecule has 0 radical (unpaired) electrons. The first kappa shape index (κ1) is 20.1. The number of amides is 2. The molecule has 2 aliphatic rings. The second-order valence-electron chi connectivity index (χ2n) is 7.61. The fourth-order valence-electron chi connectivity index (χ4n) is 3.59. The van der Waals surface area contributed by atoms with E-state index in [1.165, 1.54) is 0 Å². The van der Waals surface area contributed by atoms with Crippen molar-refractivity contribution in [1.29, 1.82) is 0 Å². The molecule has 1 aromatic rings. The molecule has 7 nitrogen and oxygen atoms in total. The highest BCUT2D eigenvalue weighted by molar-refractivity contribution is 7.89. The number of ether oxygens (including phenoxy) is 1. The Kier molecular flexibility index (Phi) is 6.39. The lowest BCUT2D eigenvalue weighted by molar-refractivity contribution is 0.0205. The van der Waals surface area contributed by atoms with Gasteiger partial charge in [-0.25, -0.2) is 13.2 Å². The number of carbonyl (C=O) groups is 1. The predicted octanol–water partition coefficient (Wildman–Crippen LogP) is 2.08. The van der Waals surface area contributed by atoms with Gasteiger partial charge in [-0.05, 0) is 49.3 Å². The monoisotopic (exact) mass is 395 g/mol. The molecule has 2 amide bonds. The average Bonchev–Trinajstić information content (AvgIpc) is 2.63. The first-order chi connectivity index (χ1) is 12.9. The molecule has 2 N–H and O–H groups in total. The van der Waals surface area contributed by atoms with Crippen LogP contribution >= 0.6 is 0 Å². The molecule has 0 bridgehead atoms. The number of benzene rings is 1. The lowest BCUT2D eigenvalue weighted by Gasteiger charge is -2.34. The van der Waals surface area contributed by atoms with E-state index in [2.05, 4.69) is 17.6 Å². The van der Waals surface area contributed by atoms with Crippen LogP contribution in [0.25, 0.3) is 0 Å². The average molecular weight is 396 g/mol. The summed E-state index contributed by atoms with van der Waals surface area (Å²) in [6.07, 6.45) is 3.90. The van der Waals surface area contributed by atoms with Crippen LogP contribution in [0, 0.1) is 5.92 Å². The highest BCUT2D eigenvalue weighted by Crippen LogP contribution is 2.24. The van der Waals surface area contributed by atoms with E-state index in [1.54, 1.807) is 35.7 Å².